The van der Waals surface area contributed by atoms with Gasteiger partial charge in [-0.05, 0) is 29.7 Å². The van der Waals surface area contributed by atoms with Gasteiger partial charge in [-0.2, -0.15) is 0 Å². The van der Waals surface area contributed by atoms with Crippen molar-refractivity contribution in [1.82, 2.24) is 0 Å². The van der Waals surface area contributed by atoms with Crippen molar-refractivity contribution in [3.63, 3.8) is 0 Å². The standard InChI is InChI=1S/C10H16O/c1-8-4-9(7-11)6-10(2,3)5-8/h4,7-8H,5-6H2,1-3H3/t8-/m0/s1. The van der Waals surface area contributed by atoms with Crippen molar-refractivity contribution in [3.8, 4) is 0 Å². The number of hydrogen-bond donors (Lipinski definition) is 0. The second-order valence-electron chi connectivity index (χ2n) is 4.38. The van der Waals surface area contributed by atoms with Crippen LogP contribution >= 0.6 is 0 Å². The van der Waals surface area contributed by atoms with E-state index in [1.54, 1.807) is 0 Å². The van der Waals surface area contributed by atoms with Crippen LogP contribution in [0.3, 0.4) is 0 Å². The summed E-state index contributed by atoms with van der Waals surface area (Å²) in [6.07, 6.45) is 5.24. The Morgan fingerprint density at radius 2 is 2.27 bits per heavy atom. The lowest BCUT2D eigenvalue weighted by molar-refractivity contribution is -0.105. The zero-order chi connectivity index (χ0) is 8.48. The highest BCUT2D eigenvalue weighted by atomic mass is 16.1. The van der Waals surface area contributed by atoms with E-state index in [1.165, 1.54) is 6.42 Å². The summed E-state index contributed by atoms with van der Waals surface area (Å²) in [5.41, 5.74) is 1.30. The lowest BCUT2D eigenvalue weighted by Gasteiger charge is -2.31. The molecule has 0 spiro atoms. The first-order valence-electron chi connectivity index (χ1n) is 4.19. The summed E-state index contributed by atoms with van der Waals surface area (Å²) in [5.74, 6) is 0.568. The molecule has 0 saturated heterocycles. The Hall–Kier alpha value is -0.590. The normalized spacial score (nSPS) is 29.4. The summed E-state index contributed by atoms with van der Waals surface area (Å²) in [4.78, 5) is 10.5. The van der Waals surface area contributed by atoms with Crippen LogP contribution in [0.25, 0.3) is 0 Å². The average molecular weight is 152 g/mol. The Labute approximate surface area is 68.5 Å². The molecule has 0 heterocycles. The highest BCUT2D eigenvalue weighted by Gasteiger charge is 2.25. The van der Waals surface area contributed by atoms with Gasteiger partial charge in [-0.25, -0.2) is 0 Å². The number of carbonyl (C=O) groups excluding carboxylic acids is 1. The molecule has 0 amide bonds. The van der Waals surface area contributed by atoms with Crippen LogP contribution in [0.2, 0.25) is 0 Å². The van der Waals surface area contributed by atoms with Crippen LogP contribution in [0.15, 0.2) is 11.6 Å². The number of allylic oxidation sites excluding steroid dienone is 2. The van der Waals surface area contributed by atoms with Crippen molar-refractivity contribution < 1.29 is 4.79 Å². The van der Waals surface area contributed by atoms with Crippen LogP contribution in [-0.2, 0) is 4.79 Å². The predicted molar refractivity (Wildman–Crippen MR) is 46.3 cm³/mol. The molecule has 0 saturated carbocycles. The van der Waals surface area contributed by atoms with Gasteiger partial charge in [0.15, 0.2) is 0 Å². The van der Waals surface area contributed by atoms with Crippen LogP contribution in [0.1, 0.15) is 33.6 Å². The van der Waals surface area contributed by atoms with Crippen LogP contribution in [-0.4, -0.2) is 6.29 Å². The van der Waals surface area contributed by atoms with E-state index in [-0.39, 0.29) is 0 Å². The first-order chi connectivity index (χ1) is 5.03. The van der Waals surface area contributed by atoms with Crippen LogP contribution in [0.4, 0.5) is 0 Å². The molecule has 0 radical (unpaired) electrons. The fourth-order valence-corrected chi connectivity index (χ4v) is 2.06. The molecule has 0 fully saturated rings. The Morgan fingerprint density at radius 3 is 2.73 bits per heavy atom. The van der Waals surface area contributed by atoms with Gasteiger partial charge in [0, 0.05) is 0 Å². The van der Waals surface area contributed by atoms with Gasteiger partial charge in [0.25, 0.3) is 0 Å². The van der Waals surface area contributed by atoms with Gasteiger partial charge >= 0.3 is 0 Å². The minimum Gasteiger partial charge on any atom is -0.298 e. The molecule has 1 aliphatic carbocycles. The van der Waals surface area contributed by atoms with Gasteiger partial charge in [0.2, 0.25) is 0 Å². The summed E-state index contributed by atoms with van der Waals surface area (Å²) in [7, 11) is 0. The molecule has 0 aromatic rings. The molecule has 1 nitrogen and oxygen atoms in total. The van der Waals surface area contributed by atoms with Crippen molar-refractivity contribution in [3.05, 3.63) is 11.6 Å². The quantitative estimate of drug-likeness (QED) is 0.528. The molecule has 0 N–H and O–H groups in total. The van der Waals surface area contributed by atoms with Crippen LogP contribution < -0.4 is 0 Å². The molecule has 0 aromatic heterocycles. The topological polar surface area (TPSA) is 17.1 Å². The van der Waals surface area contributed by atoms with Crippen molar-refractivity contribution in [2.75, 3.05) is 0 Å². The Balaban J connectivity index is 2.77. The van der Waals surface area contributed by atoms with E-state index in [2.05, 4.69) is 26.8 Å². The maximum absolute atomic E-state index is 10.5. The molecule has 0 aromatic carbocycles. The predicted octanol–water partition coefficient (Wildman–Crippen LogP) is 2.57. The summed E-state index contributed by atoms with van der Waals surface area (Å²) in [6, 6.07) is 0. The number of aldehydes is 1. The summed E-state index contributed by atoms with van der Waals surface area (Å²) in [5, 5.41) is 0. The summed E-state index contributed by atoms with van der Waals surface area (Å²) in [6.45, 7) is 6.62. The zero-order valence-corrected chi connectivity index (χ0v) is 7.55. The molecule has 11 heavy (non-hydrogen) atoms. The van der Waals surface area contributed by atoms with Gasteiger partial charge in [-0.15, -0.1) is 0 Å². The van der Waals surface area contributed by atoms with E-state index >= 15 is 0 Å². The molecule has 1 heteroatoms. The monoisotopic (exact) mass is 152 g/mol. The van der Waals surface area contributed by atoms with E-state index in [9.17, 15) is 4.79 Å². The summed E-state index contributed by atoms with van der Waals surface area (Å²) >= 11 is 0. The van der Waals surface area contributed by atoms with Gasteiger partial charge in [0.1, 0.15) is 6.29 Å². The second-order valence-corrected chi connectivity index (χ2v) is 4.38. The molecule has 1 atom stereocenters. The molecule has 0 bridgehead atoms. The van der Waals surface area contributed by atoms with E-state index in [4.69, 9.17) is 0 Å². The Bertz CT molecular complexity index is 189. The van der Waals surface area contributed by atoms with Crippen LogP contribution in [0, 0.1) is 11.3 Å². The fourth-order valence-electron chi connectivity index (χ4n) is 2.06. The Morgan fingerprint density at radius 1 is 1.64 bits per heavy atom. The molecular weight excluding hydrogens is 136 g/mol. The minimum absolute atomic E-state index is 0.324. The van der Waals surface area contributed by atoms with E-state index in [0.29, 0.717) is 11.3 Å². The minimum atomic E-state index is 0.324. The third-order valence-electron chi connectivity index (χ3n) is 2.21. The fraction of sp³-hybridized carbons (Fsp3) is 0.700. The van der Waals surface area contributed by atoms with Gasteiger partial charge in [-0.3, -0.25) is 4.79 Å². The van der Waals surface area contributed by atoms with E-state index in [1.807, 2.05) is 0 Å². The highest BCUT2D eigenvalue weighted by Crippen LogP contribution is 2.36. The molecule has 0 aliphatic heterocycles. The third kappa shape index (κ3) is 2.18. The first-order valence-corrected chi connectivity index (χ1v) is 4.19. The third-order valence-corrected chi connectivity index (χ3v) is 2.21. The SMILES string of the molecule is C[C@H]1C=C(C=O)CC(C)(C)C1. The lowest BCUT2D eigenvalue weighted by Crippen LogP contribution is -2.20. The highest BCUT2D eigenvalue weighted by molar-refractivity contribution is 5.73. The number of rotatable bonds is 1. The van der Waals surface area contributed by atoms with E-state index in [0.717, 1.165) is 18.3 Å². The maximum Gasteiger partial charge on any atom is 0.145 e. The van der Waals surface area contributed by atoms with Crippen molar-refractivity contribution in [1.29, 1.82) is 0 Å². The number of hydrogen-bond acceptors (Lipinski definition) is 1. The van der Waals surface area contributed by atoms with E-state index < -0.39 is 0 Å². The molecular formula is C10H16O. The Kier molecular flexibility index (Phi) is 2.17. The van der Waals surface area contributed by atoms with Gasteiger partial charge in [-0.1, -0.05) is 26.8 Å². The summed E-state index contributed by atoms with van der Waals surface area (Å²) < 4.78 is 0. The molecule has 1 aliphatic rings. The largest absolute Gasteiger partial charge is 0.298 e. The maximum atomic E-state index is 10.5. The van der Waals surface area contributed by atoms with Gasteiger partial charge in [0.05, 0.1) is 0 Å². The second kappa shape index (κ2) is 2.80. The number of carbonyl (C=O) groups is 1. The molecule has 0 unspecified atom stereocenters. The van der Waals surface area contributed by atoms with Gasteiger partial charge < -0.3 is 0 Å². The van der Waals surface area contributed by atoms with Crippen molar-refractivity contribution in [2.45, 2.75) is 33.6 Å². The smallest absolute Gasteiger partial charge is 0.145 e. The van der Waals surface area contributed by atoms with Crippen molar-refractivity contribution in [2.24, 2.45) is 11.3 Å². The lowest BCUT2D eigenvalue weighted by atomic mass is 9.74. The first kappa shape index (κ1) is 8.51. The molecule has 1 rings (SSSR count). The van der Waals surface area contributed by atoms with Crippen LogP contribution in [0.5, 0.6) is 0 Å². The zero-order valence-electron chi connectivity index (χ0n) is 7.55. The van der Waals surface area contributed by atoms with Crippen molar-refractivity contribution >= 4 is 6.29 Å². The molecule has 62 valence electrons. The average Bonchev–Trinajstić information content (AvgIpc) is 1.83.